The maximum absolute atomic E-state index is 13.2. The Labute approximate surface area is 160 Å². The molecule has 2 unspecified atom stereocenters. The summed E-state index contributed by atoms with van der Waals surface area (Å²) >= 11 is 0. The van der Waals surface area contributed by atoms with E-state index in [9.17, 15) is 9.18 Å². The molecule has 27 heavy (non-hydrogen) atoms. The van der Waals surface area contributed by atoms with Gasteiger partial charge in [0, 0.05) is 42.2 Å². The fraction of sp³-hybridized carbons (Fsp3) is 0.476. The monoisotopic (exact) mass is 373 g/mol. The van der Waals surface area contributed by atoms with Crippen LogP contribution >= 0.6 is 0 Å². The smallest absolute Gasteiger partial charge is 0.253 e. The van der Waals surface area contributed by atoms with Crippen molar-refractivity contribution in [2.45, 2.75) is 39.8 Å². The van der Waals surface area contributed by atoms with Gasteiger partial charge < -0.3 is 14.6 Å². The third-order valence-electron chi connectivity index (χ3n) is 5.46. The number of halogens is 1. The van der Waals surface area contributed by atoms with E-state index in [0.717, 1.165) is 43.4 Å². The maximum Gasteiger partial charge on any atom is 0.253 e. The molecular weight excluding hydrogens is 345 g/mol. The minimum Gasteiger partial charge on any atom is -0.379 e. The first-order valence-corrected chi connectivity index (χ1v) is 9.46. The Bertz CT molecular complexity index is 795. The summed E-state index contributed by atoms with van der Waals surface area (Å²) < 4.78 is 20.6. The summed E-state index contributed by atoms with van der Waals surface area (Å²) in [5.74, 6) is -0.353. The molecule has 146 valence electrons. The molecule has 0 aliphatic carbocycles. The summed E-state index contributed by atoms with van der Waals surface area (Å²) in [5.41, 5.74) is 3.29. The molecule has 0 saturated carbocycles. The molecule has 1 aliphatic heterocycles. The van der Waals surface area contributed by atoms with Crippen molar-refractivity contribution in [3.8, 4) is 5.69 Å². The summed E-state index contributed by atoms with van der Waals surface area (Å²) in [6.07, 6.45) is 0. The van der Waals surface area contributed by atoms with Crippen LogP contribution in [0.4, 0.5) is 4.39 Å². The van der Waals surface area contributed by atoms with Gasteiger partial charge in [0.05, 0.1) is 18.8 Å². The molecule has 6 heteroatoms. The quantitative estimate of drug-likeness (QED) is 0.876. The highest BCUT2D eigenvalue weighted by molar-refractivity contribution is 5.96. The summed E-state index contributed by atoms with van der Waals surface area (Å²) in [7, 11) is 0. The van der Waals surface area contributed by atoms with Gasteiger partial charge >= 0.3 is 0 Å². The largest absolute Gasteiger partial charge is 0.379 e. The van der Waals surface area contributed by atoms with Crippen molar-refractivity contribution in [2.75, 3.05) is 26.3 Å². The Morgan fingerprint density at radius 3 is 2.41 bits per heavy atom. The first-order valence-electron chi connectivity index (χ1n) is 9.46. The minimum absolute atomic E-state index is 0.0180. The van der Waals surface area contributed by atoms with Gasteiger partial charge in [-0.2, -0.15) is 0 Å². The van der Waals surface area contributed by atoms with Crippen LogP contribution in [0, 0.1) is 19.7 Å². The molecule has 0 bridgehead atoms. The number of aryl methyl sites for hydroxylation is 1. The molecule has 5 nitrogen and oxygen atoms in total. The molecule has 1 aliphatic rings. The first-order chi connectivity index (χ1) is 12.9. The lowest BCUT2D eigenvalue weighted by molar-refractivity contribution is 0.0137. The SMILES string of the molecule is Cc1cc(C(=O)NC(C)C(C)N2CCOCC2)c(C)n1-c1ccc(F)cc1. The highest BCUT2D eigenvalue weighted by Gasteiger charge is 2.25. The van der Waals surface area contributed by atoms with Crippen molar-refractivity contribution in [1.29, 1.82) is 0 Å². The second-order valence-electron chi connectivity index (χ2n) is 7.25. The number of benzene rings is 1. The van der Waals surface area contributed by atoms with Gasteiger partial charge in [0.2, 0.25) is 0 Å². The third-order valence-corrected chi connectivity index (χ3v) is 5.46. The summed E-state index contributed by atoms with van der Waals surface area (Å²) in [6, 6.07) is 8.45. The number of amides is 1. The molecule has 1 aromatic carbocycles. The van der Waals surface area contributed by atoms with Crippen molar-refractivity contribution in [2.24, 2.45) is 0 Å². The molecule has 0 spiro atoms. The van der Waals surface area contributed by atoms with Crippen LogP contribution in [0.5, 0.6) is 0 Å². The predicted octanol–water partition coefficient (Wildman–Crippen LogP) is 3.07. The molecule has 1 aromatic heterocycles. The van der Waals surface area contributed by atoms with Gasteiger partial charge in [-0.15, -0.1) is 0 Å². The molecule has 1 N–H and O–H groups in total. The topological polar surface area (TPSA) is 46.5 Å². The molecule has 1 fully saturated rings. The van der Waals surface area contributed by atoms with Crippen molar-refractivity contribution >= 4 is 5.91 Å². The zero-order chi connectivity index (χ0) is 19.6. The Morgan fingerprint density at radius 2 is 1.78 bits per heavy atom. The molecule has 2 aromatic rings. The van der Waals surface area contributed by atoms with Gasteiger partial charge in [-0.25, -0.2) is 4.39 Å². The molecule has 2 atom stereocenters. The Hall–Kier alpha value is -2.18. The van der Waals surface area contributed by atoms with Gasteiger partial charge in [0.15, 0.2) is 0 Å². The van der Waals surface area contributed by atoms with E-state index in [2.05, 4.69) is 17.1 Å². The fourth-order valence-corrected chi connectivity index (χ4v) is 3.69. The van der Waals surface area contributed by atoms with Crippen LogP contribution in [0.25, 0.3) is 5.69 Å². The van der Waals surface area contributed by atoms with Gasteiger partial charge in [0.25, 0.3) is 5.91 Å². The Morgan fingerprint density at radius 1 is 1.15 bits per heavy atom. The average Bonchev–Trinajstić information content (AvgIpc) is 2.97. The second-order valence-corrected chi connectivity index (χ2v) is 7.25. The third kappa shape index (κ3) is 4.22. The van der Waals surface area contributed by atoms with Crippen LogP contribution in [-0.4, -0.2) is 53.8 Å². The number of hydrogen-bond acceptors (Lipinski definition) is 3. The average molecular weight is 373 g/mol. The fourth-order valence-electron chi connectivity index (χ4n) is 3.69. The second kappa shape index (κ2) is 8.23. The molecule has 2 heterocycles. The number of nitrogens with one attached hydrogen (secondary N) is 1. The maximum atomic E-state index is 13.2. The first kappa shape index (κ1) is 19.6. The molecule has 3 rings (SSSR count). The summed E-state index contributed by atoms with van der Waals surface area (Å²) in [6.45, 7) is 11.3. The summed E-state index contributed by atoms with van der Waals surface area (Å²) in [4.78, 5) is 15.2. The van der Waals surface area contributed by atoms with Crippen LogP contribution in [0.2, 0.25) is 0 Å². The van der Waals surface area contributed by atoms with Gasteiger partial charge in [-0.1, -0.05) is 0 Å². The number of aromatic nitrogens is 1. The zero-order valence-electron chi connectivity index (χ0n) is 16.5. The van der Waals surface area contributed by atoms with E-state index in [-0.39, 0.29) is 23.8 Å². The van der Waals surface area contributed by atoms with Crippen LogP contribution in [-0.2, 0) is 4.74 Å². The van der Waals surface area contributed by atoms with Gasteiger partial charge in [-0.3, -0.25) is 9.69 Å². The van der Waals surface area contributed by atoms with Gasteiger partial charge in [0.1, 0.15) is 5.82 Å². The van der Waals surface area contributed by atoms with E-state index in [1.165, 1.54) is 12.1 Å². The number of carbonyl (C=O) groups is 1. The molecule has 1 saturated heterocycles. The van der Waals surface area contributed by atoms with E-state index in [1.54, 1.807) is 12.1 Å². The van der Waals surface area contributed by atoms with Gasteiger partial charge in [-0.05, 0) is 58.0 Å². The number of ether oxygens (including phenoxy) is 1. The lowest BCUT2D eigenvalue weighted by atomic mass is 10.1. The molecule has 1 amide bonds. The van der Waals surface area contributed by atoms with Crippen LogP contribution in [0.1, 0.15) is 35.6 Å². The lowest BCUT2D eigenvalue weighted by Gasteiger charge is -2.35. The Kier molecular flexibility index (Phi) is 5.97. The van der Waals surface area contributed by atoms with Crippen LogP contribution in [0.15, 0.2) is 30.3 Å². The van der Waals surface area contributed by atoms with E-state index in [0.29, 0.717) is 5.56 Å². The van der Waals surface area contributed by atoms with E-state index < -0.39 is 0 Å². The number of morpholine rings is 1. The highest BCUT2D eigenvalue weighted by Crippen LogP contribution is 2.21. The number of nitrogens with zero attached hydrogens (tertiary/aromatic N) is 2. The predicted molar refractivity (Wildman–Crippen MR) is 104 cm³/mol. The number of carbonyl (C=O) groups excluding carboxylic acids is 1. The standard InChI is InChI=1S/C21H28FN3O2/c1-14-13-20(17(4)25(14)19-7-5-18(22)6-8-19)21(26)23-15(2)16(3)24-9-11-27-12-10-24/h5-8,13,15-16H,9-12H2,1-4H3,(H,23,26). The van der Waals surface area contributed by atoms with Crippen LogP contribution in [0.3, 0.4) is 0 Å². The zero-order valence-corrected chi connectivity index (χ0v) is 16.5. The van der Waals surface area contributed by atoms with Crippen molar-refractivity contribution < 1.29 is 13.9 Å². The highest BCUT2D eigenvalue weighted by atomic mass is 19.1. The van der Waals surface area contributed by atoms with E-state index >= 15 is 0 Å². The lowest BCUT2D eigenvalue weighted by Crippen LogP contribution is -2.52. The van der Waals surface area contributed by atoms with Crippen LogP contribution < -0.4 is 5.32 Å². The normalized spacial score (nSPS) is 17.5. The van der Waals surface area contributed by atoms with E-state index in [4.69, 9.17) is 4.74 Å². The van der Waals surface area contributed by atoms with E-state index in [1.807, 2.05) is 31.4 Å². The van der Waals surface area contributed by atoms with Crippen molar-refractivity contribution in [3.63, 3.8) is 0 Å². The number of hydrogen-bond donors (Lipinski definition) is 1. The van der Waals surface area contributed by atoms with Crippen molar-refractivity contribution in [1.82, 2.24) is 14.8 Å². The minimum atomic E-state index is -0.273. The molecular formula is C21H28FN3O2. The Balaban J connectivity index is 1.75. The van der Waals surface area contributed by atoms with Crippen molar-refractivity contribution in [3.05, 3.63) is 53.1 Å². The number of rotatable bonds is 5. The molecule has 0 radical (unpaired) electrons. The summed E-state index contributed by atoms with van der Waals surface area (Å²) in [5, 5.41) is 3.14.